The predicted molar refractivity (Wildman–Crippen MR) is 69.5 cm³/mol. The molecule has 1 aromatic heterocycles. The average molecular weight is 251 g/mol. The van der Waals surface area contributed by atoms with Crippen molar-refractivity contribution in [2.45, 2.75) is 19.5 Å². The maximum Gasteiger partial charge on any atom is 0.213 e. The van der Waals surface area contributed by atoms with Crippen molar-refractivity contribution < 1.29 is 9.47 Å². The molecule has 5 heteroatoms. The van der Waals surface area contributed by atoms with Gasteiger partial charge in [-0.1, -0.05) is 0 Å². The van der Waals surface area contributed by atoms with Gasteiger partial charge in [0.05, 0.1) is 13.2 Å². The number of pyridine rings is 1. The Kier molecular flexibility index (Phi) is 4.92. The molecule has 1 saturated heterocycles. The fourth-order valence-corrected chi connectivity index (χ4v) is 1.99. The topological polar surface area (TPSA) is 60.6 Å². The van der Waals surface area contributed by atoms with Gasteiger partial charge in [0, 0.05) is 37.9 Å². The molecule has 0 aromatic carbocycles. The third-order valence-corrected chi connectivity index (χ3v) is 3.18. The highest BCUT2D eigenvalue weighted by atomic mass is 16.5. The smallest absolute Gasteiger partial charge is 0.213 e. The zero-order valence-electron chi connectivity index (χ0n) is 10.8. The Bertz CT molecular complexity index is 367. The molecule has 1 atom stereocenters. The second-order valence-electron chi connectivity index (χ2n) is 4.51. The molecule has 1 aliphatic heterocycles. The molecule has 1 fully saturated rings. The lowest BCUT2D eigenvalue weighted by molar-refractivity contribution is 0.0101. The van der Waals surface area contributed by atoms with Gasteiger partial charge in [-0.05, 0) is 18.6 Å². The van der Waals surface area contributed by atoms with Crippen molar-refractivity contribution in [3.63, 3.8) is 0 Å². The number of morpholine rings is 1. The average Bonchev–Trinajstić information content (AvgIpc) is 2.46. The van der Waals surface area contributed by atoms with Gasteiger partial charge in [0.1, 0.15) is 6.61 Å². The first-order valence-corrected chi connectivity index (χ1v) is 6.39. The first-order chi connectivity index (χ1) is 8.79. The lowest BCUT2D eigenvalue weighted by Crippen LogP contribution is -2.44. The first-order valence-electron chi connectivity index (χ1n) is 6.39. The summed E-state index contributed by atoms with van der Waals surface area (Å²) in [6.45, 7) is 6.88. The lowest BCUT2D eigenvalue weighted by atomic mass is 10.2. The number of hydrogen-bond donors (Lipinski definition) is 1. The van der Waals surface area contributed by atoms with Crippen LogP contribution in [0.3, 0.4) is 0 Å². The molecule has 0 aliphatic carbocycles. The second kappa shape index (κ2) is 6.68. The van der Waals surface area contributed by atoms with Gasteiger partial charge in [0.2, 0.25) is 5.88 Å². The fraction of sp³-hybridized carbons (Fsp3) is 0.615. The van der Waals surface area contributed by atoms with E-state index in [0.29, 0.717) is 25.1 Å². The molecular formula is C13H21N3O2. The molecule has 2 N–H and O–H groups in total. The van der Waals surface area contributed by atoms with E-state index in [1.54, 1.807) is 6.20 Å². The molecule has 0 bridgehead atoms. The molecule has 0 amide bonds. The van der Waals surface area contributed by atoms with E-state index in [1.165, 1.54) is 0 Å². The van der Waals surface area contributed by atoms with Crippen molar-refractivity contribution in [1.29, 1.82) is 0 Å². The molecule has 1 aromatic rings. The van der Waals surface area contributed by atoms with Crippen LogP contribution in [0.15, 0.2) is 18.3 Å². The van der Waals surface area contributed by atoms with Crippen LogP contribution in [0.4, 0.5) is 0 Å². The number of nitrogens with two attached hydrogens (primary N) is 1. The van der Waals surface area contributed by atoms with Crippen LogP contribution in [0.25, 0.3) is 0 Å². The fourth-order valence-electron chi connectivity index (χ4n) is 1.99. The number of rotatable bonds is 5. The molecule has 1 unspecified atom stereocenters. The minimum atomic E-state index is 0.372. The minimum absolute atomic E-state index is 0.372. The maximum atomic E-state index is 5.71. The van der Waals surface area contributed by atoms with Gasteiger partial charge in [-0.25, -0.2) is 4.98 Å². The number of hydrogen-bond acceptors (Lipinski definition) is 5. The molecule has 2 heterocycles. The Morgan fingerprint density at radius 3 is 3.00 bits per heavy atom. The molecule has 0 spiro atoms. The summed E-state index contributed by atoms with van der Waals surface area (Å²) in [4.78, 5) is 6.55. The van der Waals surface area contributed by atoms with Gasteiger partial charge < -0.3 is 15.2 Å². The van der Waals surface area contributed by atoms with Crippen LogP contribution < -0.4 is 10.5 Å². The normalized spacial score (nSPS) is 18.6. The number of ether oxygens (including phenoxy) is 2. The second-order valence-corrected chi connectivity index (χ2v) is 4.51. The molecule has 18 heavy (non-hydrogen) atoms. The van der Waals surface area contributed by atoms with Crippen molar-refractivity contribution in [3.8, 4) is 5.88 Å². The van der Waals surface area contributed by atoms with E-state index in [1.807, 2.05) is 12.1 Å². The van der Waals surface area contributed by atoms with Gasteiger partial charge in [-0.15, -0.1) is 0 Å². The van der Waals surface area contributed by atoms with Crippen molar-refractivity contribution in [2.24, 2.45) is 5.73 Å². The summed E-state index contributed by atoms with van der Waals surface area (Å²) in [5.41, 5.74) is 6.63. The zero-order valence-corrected chi connectivity index (χ0v) is 10.8. The van der Waals surface area contributed by atoms with E-state index in [4.69, 9.17) is 15.2 Å². The molecule has 1 aliphatic rings. The van der Waals surface area contributed by atoms with Crippen LogP contribution in [0.2, 0.25) is 0 Å². The van der Waals surface area contributed by atoms with Gasteiger partial charge >= 0.3 is 0 Å². The predicted octanol–water partition coefficient (Wildman–Crippen LogP) is 0.640. The van der Waals surface area contributed by atoms with Crippen LogP contribution in [0.1, 0.15) is 12.5 Å². The molecular weight excluding hydrogens is 230 g/mol. The lowest BCUT2D eigenvalue weighted by Gasteiger charge is -2.31. The van der Waals surface area contributed by atoms with E-state index in [0.717, 1.165) is 31.9 Å². The minimum Gasteiger partial charge on any atom is -0.476 e. The van der Waals surface area contributed by atoms with E-state index in [9.17, 15) is 0 Å². The standard InChI is InChI=1S/C13H21N3O2/c1-11(16-4-6-17-7-5-16)10-18-13-8-12(9-14)2-3-15-13/h2-3,8,11H,4-7,9-10,14H2,1H3. The van der Waals surface area contributed by atoms with Gasteiger partial charge in [0.15, 0.2) is 0 Å². The SMILES string of the molecule is CC(COc1cc(CN)ccn1)N1CCOCC1. The van der Waals surface area contributed by atoms with E-state index >= 15 is 0 Å². The van der Waals surface area contributed by atoms with Crippen molar-refractivity contribution in [2.75, 3.05) is 32.9 Å². The Labute approximate surface area is 108 Å². The third-order valence-electron chi connectivity index (χ3n) is 3.18. The highest BCUT2D eigenvalue weighted by Gasteiger charge is 2.17. The highest BCUT2D eigenvalue weighted by Crippen LogP contribution is 2.11. The Balaban J connectivity index is 1.82. The molecule has 0 radical (unpaired) electrons. The largest absolute Gasteiger partial charge is 0.476 e. The third kappa shape index (κ3) is 3.66. The first kappa shape index (κ1) is 13.3. The van der Waals surface area contributed by atoms with Gasteiger partial charge in [-0.3, -0.25) is 4.90 Å². The molecule has 5 nitrogen and oxygen atoms in total. The van der Waals surface area contributed by atoms with E-state index in [-0.39, 0.29) is 0 Å². The monoisotopic (exact) mass is 251 g/mol. The summed E-state index contributed by atoms with van der Waals surface area (Å²) < 4.78 is 11.0. The molecule has 0 saturated carbocycles. The summed E-state index contributed by atoms with van der Waals surface area (Å²) >= 11 is 0. The highest BCUT2D eigenvalue weighted by molar-refractivity contribution is 5.20. The van der Waals surface area contributed by atoms with Gasteiger partial charge in [0.25, 0.3) is 0 Å². The maximum absolute atomic E-state index is 5.71. The summed E-state index contributed by atoms with van der Waals surface area (Å²) in [7, 11) is 0. The number of aromatic nitrogens is 1. The van der Waals surface area contributed by atoms with Crippen LogP contribution >= 0.6 is 0 Å². The molecule has 2 rings (SSSR count). The van der Waals surface area contributed by atoms with Crippen molar-refractivity contribution in [3.05, 3.63) is 23.9 Å². The Hall–Kier alpha value is -1.17. The summed E-state index contributed by atoms with van der Waals surface area (Å²) in [6.07, 6.45) is 1.73. The van der Waals surface area contributed by atoms with Crippen molar-refractivity contribution in [1.82, 2.24) is 9.88 Å². The summed E-state index contributed by atoms with van der Waals surface area (Å²) in [6, 6.07) is 4.17. The number of nitrogens with zero attached hydrogens (tertiary/aromatic N) is 2. The van der Waals surface area contributed by atoms with Crippen LogP contribution in [-0.4, -0.2) is 48.8 Å². The van der Waals surface area contributed by atoms with Crippen molar-refractivity contribution >= 4 is 0 Å². The van der Waals surface area contributed by atoms with E-state index in [2.05, 4.69) is 16.8 Å². The Morgan fingerprint density at radius 2 is 2.28 bits per heavy atom. The van der Waals surface area contributed by atoms with Gasteiger partial charge in [-0.2, -0.15) is 0 Å². The van der Waals surface area contributed by atoms with E-state index < -0.39 is 0 Å². The zero-order chi connectivity index (χ0) is 12.8. The Morgan fingerprint density at radius 1 is 1.50 bits per heavy atom. The van der Waals surface area contributed by atoms with Crippen LogP contribution in [-0.2, 0) is 11.3 Å². The molecule has 100 valence electrons. The van der Waals surface area contributed by atoms with Crippen LogP contribution in [0.5, 0.6) is 5.88 Å². The van der Waals surface area contributed by atoms with Crippen LogP contribution in [0, 0.1) is 0 Å². The quantitative estimate of drug-likeness (QED) is 0.832. The summed E-state index contributed by atoms with van der Waals surface area (Å²) in [5, 5.41) is 0. The summed E-state index contributed by atoms with van der Waals surface area (Å²) in [5.74, 6) is 0.651.